The number of carbonyl (C=O) groups is 2. The SMILES string of the molecule is CCc1ccccc1N=c1oc2c(C)ncc(CO)c2cc1C(=O)Nc1ccc(C(=O)OC)cc1. The van der Waals surface area contributed by atoms with E-state index in [0.717, 1.165) is 12.0 Å². The van der Waals surface area contributed by atoms with Crippen molar-refractivity contribution in [2.75, 3.05) is 12.4 Å². The van der Waals surface area contributed by atoms with E-state index in [0.29, 0.717) is 39.2 Å². The fourth-order valence-electron chi connectivity index (χ4n) is 3.69. The highest BCUT2D eigenvalue weighted by molar-refractivity contribution is 6.06. The molecule has 0 atom stereocenters. The molecule has 2 aromatic heterocycles. The van der Waals surface area contributed by atoms with Gasteiger partial charge in [0.2, 0.25) is 5.55 Å². The maximum atomic E-state index is 13.4. The molecule has 2 heterocycles. The molecule has 0 unspecified atom stereocenters. The van der Waals surface area contributed by atoms with Crippen LogP contribution in [0.5, 0.6) is 0 Å². The zero-order valence-electron chi connectivity index (χ0n) is 19.7. The van der Waals surface area contributed by atoms with Crippen LogP contribution in [-0.4, -0.2) is 29.1 Å². The Morgan fingerprint density at radius 1 is 1.11 bits per heavy atom. The van der Waals surface area contributed by atoms with Crippen molar-refractivity contribution in [1.82, 2.24) is 4.98 Å². The molecule has 0 aliphatic carbocycles. The lowest BCUT2D eigenvalue weighted by molar-refractivity contribution is 0.0600. The van der Waals surface area contributed by atoms with Crippen LogP contribution in [0.3, 0.4) is 0 Å². The first-order valence-corrected chi connectivity index (χ1v) is 11.1. The van der Waals surface area contributed by atoms with Gasteiger partial charge in [-0.15, -0.1) is 0 Å². The highest BCUT2D eigenvalue weighted by atomic mass is 16.5. The van der Waals surface area contributed by atoms with E-state index in [1.807, 2.05) is 31.2 Å². The molecule has 2 N–H and O–H groups in total. The third kappa shape index (κ3) is 4.97. The van der Waals surface area contributed by atoms with Crippen LogP contribution < -0.4 is 10.9 Å². The lowest BCUT2D eigenvalue weighted by Crippen LogP contribution is -2.22. The maximum Gasteiger partial charge on any atom is 0.337 e. The number of benzene rings is 2. The van der Waals surface area contributed by atoms with Crippen LogP contribution in [0, 0.1) is 6.92 Å². The summed E-state index contributed by atoms with van der Waals surface area (Å²) in [4.78, 5) is 34.1. The quantitative estimate of drug-likeness (QED) is 0.401. The Hall–Kier alpha value is -4.30. The number of anilines is 1. The van der Waals surface area contributed by atoms with Gasteiger partial charge in [-0.1, -0.05) is 25.1 Å². The van der Waals surface area contributed by atoms with E-state index in [1.165, 1.54) is 7.11 Å². The maximum absolute atomic E-state index is 13.4. The Labute approximate surface area is 201 Å². The van der Waals surface area contributed by atoms with Crippen molar-refractivity contribution < 1.29 is 23.8 Å². The number of hydrogen-bond donors (Lipinski definition) is 2. The first kappa shape index (κ1) is 23.8. The fourth-order valence-corrected chi connectivity index (χ4v) is 3.69. The summed E-state index contributed by atoms with van der Waals surface area (Å²) in [5.41, 5.74) is 4.47. The Morgan fingerprint density at radius 3 is 2.54 bits per heavy atom. The van der Waals surface area contributed by atoms with Crippen LogP contribution in [0.1, 0.15) is 44.5 Å². The average molecular weight is 472 g/mol. The summed E-state index contributed by atoms with van der Waals surface area (Å²) in [5, 5.41) is 13.2. The molecule has 35 heavy (non-hydrogen) atoms. The van der Waals surface area contributed by atoms with Crippen molar-refractivity contribution in [3.05, 3.63) is 94.3 Å². The van der Waals surface area contributed by atoms with Gasteiger partial charge in [-0.05, 0) is 55.3 Å². The molecule has 0 fully saturated rings. The molecule has 0 radical (unpaired) electrons. The van der Waals surface area contributed by atoms with Gasteiger partial charge in [-0.3, -0.25) is 9.78 Å². The molecule has 0 aliphatic heterocycles. The second-order valence-electron chi connectivity index (χ2n) is 7.85. The molecule has 0 saturated heterocycles. The zero-order valence-corrected chi connectivity index (χ0v) is 19.7. The second-order valence-corrected chi connectivity index (χ2v) is 7.85. The molecule has 0 spiro atoms. The molecular formula is C27H25N3O5. The minimum absolute atomic E-state index is 0.127. The highest BCUT2D eigenvalue weighted by Crippen LogP contribution is 2.23. The van der Waals surface area contributed by atoms with Crippen LogP contribution >= 0.6 is 0 Å². The van der Waals surface area contributed by atoms with Gasteiger partial charge in [-0.2, -0.15) is 0 Å². The van der Waals surface area contributed by atoms with Crippen molar-refractivity contribution >= 4 is 34.2 Å². The molecular weight excluding hydrogens is 446 g/mol. The number of hydrogen-bond acceptors (Lipinski definition) is 7. The lowest BCUT2D eigenvalue weighted by atomic mass is 10.1. The third-order valence-corrected chi connectivity index (χ3v) is 5.62. The van der Waals surface area contributed by atoms with Crippen molar-refractivity contribution in [2.24, 2.45) is 4.99 Å². The van der Waals surface area contributed by atoms with E-state index in [1.54, 1.807) is 43.5 Å². The largest absolute Gasteiger partial charge is 0.465 e. The van der Waals surface area contributed by atoms with Crippen molar-refractivity contribution in [3.8, 4) is 0 Å². The van der Waals surface area contributed by atoms with Gasteiger partial charge in [0.25, 0.3) is 5.91 Å². The second kappa shape index (κ2) is 10.3. The van der Waals surface area contributed by atoms with Crippen LogP contribution in [-0.2, 0) is 17.8 Å². The number of aryl methyl sites for hydroxylation is 2. The number of aliphatic hydroxyl groups is 1. The topological polar surface area (TPSA) is 114 Å². The van der Waals surface area contributed by atoms with E-state index in [2.05, 4.69) is 10.3 Å². The lowest BCUT2D eigenvalue weighted by Gasteiger charge is -2.10. The van der Waals surface area contributed by atoms with Crippen LogP contribution in [0.2, 0.25) is 0 Å². The summed E-state index contributed by atoms with van der Waals surface area (Å²) in [7, 11) is 1.31. The number of pyridine rings is 1. The first-order chi connectivity index (χ1) is 16.9. The number of amides is 1. The molecule has 2 aromatic carbocycles. The smallest absolute Gasteiger partial charge is 0.337 e. The number of esters is 1. The molecule has 4 rings (SSSR count). The van der Waals surface area contributed by atoms with Crippen molar-refractivity contribution in [3.63, 3.8) is 0 Å². The monoisotopic (exact) mass is 471 g/mol. The van der Waals surface area contributed by atoms with Gasteiger partial charge in [-0.25, -0.2) is 9.79 Å². The predicted molar refractivity (Wildman–Crippen MR) is 131 cm³/mol. The normalized spacial score (nSPS) is 11.5. The summed E-state index contributed by atoms with van der Waals surface area (Å²) in [6.45, 7) is 3.56. The van der Waals surface area contributed by atoms with Gasteiger partial charge in [0.05, 0.1) is 30.7 Å². The summed E-state index contributed by atoms with van der Waals surface area (Å²) < 4.78 is 10.8. The third-order valence-electron chi connectivity index (χ3n) is 5.62. The highest BCUT2D eigenvalue weighted by Gasteiger charge is 2.17. The zero-order chi connectivity index (χ0) is 24.9. The summed E-state index contributed by atoms with van der Waals surface area (Å²) >= 11 is 0. The average Bonchev–Trinajstić information content (AvgIpc) is 2.89. The number of para-hydroxylation sites is 1. The molecule has 8 nitrogen and oxygen atoms in total. The molecule has 178 valence electrons. The van der Waals surface area contributed by atoms with E-state index in [4.69, 9.17) is 14.1 Å². The summed E-state index contributed by atoms with van der Waals surface area (Å²) in [6.07, 6.45) is 2.32. The number of nitrogens with one attached hydrogen (secondary N) is 1. The van der Waals surface area contributed by atoms with Crippen molar-refractivity contribution in [1.29, 1.82) is 0 Å². The van der Waals surface area contributed by atoms with Gasteiger partial charge >= 0.3 is 5.97 Å². The van der Waals surface area contributed by atoms with Gasteiger partial charge in [0, 0.05) is 22.8 Å². The number of carbonyl (C=O) groups excluding carboxylic acids is 2. The van der Waals surface area contributed by atoms with E-state index in [9.17, 15) is 14.7 Å². The standard InChI is InChI=1S/C27H25N3O5/c1-4-17-7-5-6-8-23(17)30-26-22(13-21-19(15-31)14-28-16(2)24(21)35-26)25(32)29-20-11-9-18(10-12-20)27(33)34-3/h5-14,31H,4,15H2,1-3H3,(H,29,32). The van der Waals surface area contributed by atoms with Crippen LogP contribution in [0.15, 0.2) is 70.2 Å². The Bertz CT molecular complexity index is 1470. The number of fused-ring (bicyclic) bond motifs is 1. The fraction of sp³-hybridized carbons (Fsp3) is 0.185. The molecule has 0 saturated carbocycles. The number of nitrogens with zero attached hydrogens (tertiary/aromatic N) is 2. The Kier molecular flexibility index (Phi) is 7.03. The van der Waals surface area contributed by atoms with Gasteiger partial charge in [0.1, 0.15) is 5.56 Å². The summed E-state index contributed by atoms with van der Waals surface area (Å²) in [6, 6.07) is 15.6. The molecule has 0 aliphatic rings. The van der Waals surface area contributed by atoms with Crippen LogP contribution in [0.25, 0.3) is 11.0 Å². The van der Waals surface area contributed by atoms with Crippen molar-refractivity contribution in [2.45, 2.75) is 26.9 Å². The number of aliphatic hydroxyl groups excluding tert-OH is 1. The minimum atomic E-state index is -0.465. The molecule has 4 aromatic rings. The van der Waals surface area contributed by atoms with E-state index < -0.39 is 11.9 Å². The van der Waals surface area contributed by atoms with Gasteiger partial charge in [0.15, 0.2) is 5.58 Å². The number of rotatable bonds is 6. The number of methoxy groups -OCH3 is 1. The molecule has 8 heteroatoms. The molecule has 0 bridgehead atoms. The first-order valence-electron chi connectivity index (χ1n) is 11.1. The Morgan fingerprint density at radius 2 is 1.86 bits per heavy atom. The van der Waals surface area contributed by atoms with E-state index >= 15 is 0 Å². The number of ether oxygens (including phenoxy) is 1. The van der Waals surface area contributed by atoms with Crippen LogP contribution in [0.4, 0.5) is 11.4 Å². The Balaban J connectivity index is 1.86. The molecule has 1 amide bonds. The minimum Gasteiger partial charge on any atom is -0.465 e. The van der Waals surface area contributed by atoms with Gasteiger partial charge < -0.3 is 19.6 Å². The summed E-state index contributed by atoms with van der Waals surface area (Å²) in [5.74, 6) is -0.917. The van der Waals surface area contributed by atoms with E-state index in [-0.39, 0.29) is 17.7 Å². The predicted octanol–water partition coefficient (Wildman–Crippen LogP) is 4.46. The number of aromatic nitrogens is 1.